The van der Waals surface area contributed by atoms with Crippen molar-refractivity contribution in [3.8, 4) is 5.75 Å². The van der Waals surface area contributed by atoms with Crippen molar-refractivity contribution in [3.05, 3.63) is 28.2 Å². The summed E-state index contributed by atoms with van der Waals surface area (Å²) in [4.78, 5) is 0. The molecule has 1 fully saturated rings. The van der Waals surface area contributed by atoms with Crippen LogP contribution in [0.4, 0.5) is 0 Å². The Labute approximate surface area is 121 Å². The van der Waals surface area contributed by atoms with Crippen molar-refractivity contribution in [2.75, 3.05) is 26.4 Å². The minimum Gasteiger partial charge on any atom is -0.492 e. The van der Waals surface area contributed by atoms with Crippen LogP contribution in [-0.4, -0.2) is 37.6 Å². The first-order valence-corrected chi connectivity index (χ1v) is 7.31. The summed E-state index contributed by atoms with van der Waals surface area (Å²) in [6.07, 6.45) is -0.0238. The van der Waals surface area contributed by atoms with Crippen LogP contribution >= 0.6 is 15.9 Å². The molecule has 19 heavy (non-hydrogen) atoms. The van der Waals surface area contributed by atoms with Gasteiger partial charge in [0.1, 0.15) is 18.0 Å². The molecule has 0 saturated carbocycles. The highest BCUT2D eigenvalue weighted by atomic mass is 79.9. The van der Waals surface area contributed by atoms with Crippen molar-refractivity contribution in [1.82, 2.24) is 0 Å². The summed E-state index contributed by atoms with van der Waals surface area (Å²) < 4.78 is 17.2. The Balaban J connectivity index is 2.05. The van der Waals surface area contributed by atoms with Gasteiger partial charge in [0.05, 0.1) is 30.9 Å². The topological polar surface area (TPSA) is 47.9 Å². The minimum atomic E-state index is -0.683. The van der Waals surface area contributed by atoms with Gasteiger partial charge < -0.3 is 19.3 Å². The molecule has 2 rings (SSSR count). The smallest absolute Gasteiger partial charge is 0.133 e. The van der Waals surface area contributed by atoms with E-state index in [-0.39, 0.29) is 6.10 Å². The van der Waals surface area contributed by atoms with E-state index in [1.807, 2.05) is 18.2 Å². The Morgan fingerprint density at radius 3 is 2.95 bits per heavy atom. The number of ether oxygens (including phenoxy) is 3. The highest BCUT2D eigenvalue weighted by Gasteiger charge is 2.25. The number of halogens is 1. The zero-order valence-corrected chi connectivity index (χ0v) is 12.6. The second-order valence-electron chi connectivity index (χ2n) is 4.47. The molecule has 1 saturated heterocycles. The van der Waals surface area contributed by atoms with Crippen LogP contribution in [0, 0.1) is 0 Å². The van der Waals surface area contributed by atoms with Crippen molar-refractivity contribution in [2.45, 2.75) is 25.6 Å². The molecule has 106 valence electrons. The largest absolute Gasteiger partial charge is 0.492 e. The first kappa shape index (κ1) is 14.8. The molecule has 0 aliphatic carbocycles. The highest BCUT2D eigenvalue weighted by molar-refractivity contribution is 9.10. The minimum absolute atomic E-state index is 0.303. The molecule has 1 aromatic carbocycles. The Bertz CT molecular complexity index is 404. The van der Waals surface area contributed by atoms with Crippen LogP contribution in [0.15, 0.2) is 22.7 Å². The Kier molecular flexibility index (Phi) is 5.63. The molecular formula is C14H19BrO4. The molecule has 4 nitrogen and oxygen atoms in total. The van der Waals surface area contributed by atoms with Crippen molar-refractivity contribution < 1.29 is 19.3 Å². The van der Waals surface area contributed by atoms with Gasteiger partial charge in [-0.15, -0.1) is 0 Å². The lowest BCUT2D eigenvalue weighted by atomic mass is 10.0. The van der Waals surface area contributed by atoms with E-state index in [0.717, 1.165) is 22.2 Å². The van der Waals surface area contributed by atoms with Gasteiger partial charge in [-0.25, -0.2) is 0 Å². The summed E-state index contributed by atoms with van der Waals surface area (Å²) in [6, 6.07) is 5.59. The van der Waals surface area contributed by atoms with Crippen LogP contribution in [0.25, 0.3) is 0 Å². The van der Waals surface area contributed by atoms with Crippen LogP contribution in [0.1, 0.15) is 25.0 Å². The lowest BCUT2D eigenvalue weighted by molar-refractivity contribution is -0.133. The van der Waals surface area contributed by atoms with Crippen molar-refractivity contribution in [2.24, 2.45) is 0 Å². The Morgan fingerprint density at radius 2 is 2.32 bits per heavy atom. The normalized spacial score (nSPS) is 21.1. The maximum Gasteiger partial charge on any atom is 0.133 e. The maximum absolute atomic E-state index is 10.3. The molecule has 1 aromatic rings. The van der Waals surface area contributed by atoms with E-state index in [0.29, 0.717) is 26.4 Å². The van der Waals surface area contributed by atoms with Crippen molar-refractivity contribution in [3.63, 3.8) is 0 Å². The number of aliphatic hydroxyl groups is 1. The van der Waals surface area contributed by atoms with Gasteiger partial charge in [-0.05, 0) is 40.0 Å². The van der Waals surface area contributed by atoms with Crippen LogP contribution in [0.3, 0.4) is 0 Å². The molecular weight excluding hydrogens is 312 g/mol. The van der Waals surface area contributed by atoms with E-state index < -0.39 is 6.10 Å². The van der Waals surface area contributed by atoms with E-state index in [4.69, 9.17) is 14.2 Å². The third-order valence-corrected chi connectivity index (χ3v) is 3.57. The number of hydrogen-bond acceptors (Lipinski definition) is 4. The van der Waals surface area contributed by atoms with Gasteiger partial charge in [0.15, 0.2) is 0 Å². The fourth-order valence-electron chi connectivity index (χ4n) is 1.93. The van der Waals surface area contributed by atoms with Crippen LogP contribution < -0.4 is 4.74 Å². The average Bonchev–Trinajstić information content (AvgIpc) is 2.46. The van der Waals surface area contributed by atoms with Crippen LogP contribution in [0.5, 0.6) is 5.75 Å². The van der Waals surface area contributed by atoms with Crippen LogP contribution in [0.2, 0.25) is 0 Å². The predicted molar refractivity (Wildman–Crippen MR) is 75.4 cm³/mol. The van der Waals surface area contributed by atoms with Gasteiger partial charge in [0.2, 0.25) is 0 Å². The molecule has 1 heterocycles. The van der Waals surface area contributed by atoms with Gasteiger partial charge >= 0.3 is 0 Å². The third kappa shape index (κ3) is 3.92. The summed E-state index contributed by atoms with van der Waals surface area (Å²) in [5.74, 6) is 0.790. The first-order chi connectivity index (χ1) is 9.22. The number of benzene rings is 1. The van der Waals surface area contributed by atoms with Gasteiger partial charge in [-0.1, -0.05) is 13.0 Å². The molecule has 1 aliphatic rings. The Morgan fingerprint density at radius 1 is 1.47 bits per heavy atom. The summed E-state index contributed by atoms with van der Waals surface area (Å²) >= 11 is 3.46. The number of aliphatic hydroxyl groups excluding tert-OH is 1. The van der Waals surface area contributed by atoms with E-state index >= 15 is 0 Å². The summed E-state index contributed by atoms with van der Waals surface area (Å²) in [5.41, 5.74) is 0.797. The second kappa shape index (κ2) is 7.24. The van der Waals surface area contributed by atoms with E-state index in [9.17, 15) is 5.11 Å². The highest BCUT2D eigenvalue weighted by Crippen LogP contribution is 2.30. The van der Waals surface area contributed by atoms with E-state index in [1.165, 1.54) is 0 Å². The molecule has 2 atom stereocenters. The SMILES string of the molecule is CCCOc1ccc(C(O)C2COCCO2)cc1Br. The van der Waals surface area contributed by atoms with Gasteiger partial charge in [0.25, 0.3) is 0 Å². The third-order valence-electron chi connectivity index (χ3n) is 2.95. The fraction of sp³-hybridized carbons (Fsp3) is 0.571. The first-order valence-electron chi connectivity index (χ1n) is 6.52. The lowest BCUT2D eigenvalue weighted by Gasteiger charge is -2.27. The van der Waals surface area contributed by atoms with Gasteiger partial charge in [-0.3, -0.25) is 0 Å². The number of rotatable bonds is 5. The monoisotopic (exact) mass is 330 g/mol. The summed E-state index contributed by atoms with van der Waals surface area (Å²) in [5, 5.41) is 10.3. The van der Waals surface area contributed by atoms with Crippen molar-refractivity contribution >= 4 is 15.9 Å². The molecule has 1 N–H and O–H groups in total. The van der Waals surface area contributed by atoms with Crippen LogP contribution in [-0.2, 0) is 9.47 Å². The molecule has 5 heteroatoms. The molecule has 0 amide bonds. The maximum atomic E-state index is 10.3. The molecule has 2 unspecified atom stereocenters. The zero-order chi connectivity index (χ0) is 13.7. The summed E-state index contributed by atoms with van der Waals surface area (Å²) in [6.45, 7) is 4.29. The van der Waals surface area contributed by atoms with Crippen molar-refractivity contribution in [1.29, 1.82) is 0 Å². The molecule has 1 aliphatic heterocycles. The average molecular weight is 331 g/mol. The summed E-state index contributed by atoms with van der Waals surface area (Å²) in [7, 11) is 0. The van der Waals surface area contributed by atoms with E-state index in [2.05, 4.69) is 22.9 Å². The van der Waals surface area contributed by atoms with Gasteiger partial charge in [-0.2, -0.15) is 0 Å². The van der Waals surface area contributed by atoms with Gasteiger partial charge in [0, 0.05) is 0 Å². The predicted octanol–water partition coefficient (Wildman–Crippen LogP) is 2.69. The molecule has 0 spiro atoms. The van der Waals surface area contributed by atoms with E-state index in [1.54, 1.807) is 0 Å². The lowest BCUT2D eigenvalue weighted by Crippen LogP contribution is -2.33. The Hall–Kier alpha value is -0.620. The fourth-order valence-corrected chi connectivity index (χ4v) is 2.44. The molecule has 0 bridgehead atoms. The number of hydrogen-bond donors (Lipinski definition) is 1. The molecule has 0 aromatic heterocycles. The quantitative estimate of drug-likeness (QED) is 0.901. The zero-order valence-electron chi connectivity index (χ0n) is 11.0. The standard InChI is InChI=1S/C14H19BrO4/c1-2-5-18-12-4-3-10(8-11(12)15)14(16)13-9-17-6-7-19-13/h3-4,8,13-14,16H,2,5-7,9H2,1H3. The second-order valence-corrected chi connectivity index (χ2v) is 5.32. The molecule has 0 radical (unpaired) electrons.